The van der Waals surface area contributed by atoms with Crippen molar-refractivity contribution < 1.29 is 9.53 Å². The summed E-state index contributed by atoms with van der Waals surface area (Å²) >= 11 is 0. The molecule has 0 unspecified atom stereocenters. The van der Waals surface area contributed by atoms with Gasteiger partial charge in [0.2, 0.25) is 0 Å². The van der Waals surface area contributed by atoms with Crippen LogP contribution >= 0.6 is 0 Å². The summed E-state index contributed by atoms with van der Waals surface area (Å²) in [7, 11) is 0. The van der Waals surface area contributed by atoms with Crippen LogP contribution in [0.25, 0.3) is 0 Å². The SMILES string of the molecule is Cc1nccn1CCCNC(=O)[C@H](OC1CCCC1)c1ccccc1. The molecule has 1 atom stereocenters. The Kier molecular flexibility index (Phi) is 6.23. The molecule has 1 aromatic carbocycles. The average Bonchev–Trinajstić information content (AvgIpc) is 3.29. The van der Waals surface area contributed by atoms with Crippen molar-refractivity contribution in [2.45, 2.75) is 57.8 Å². The summed E-state index contributed by atoms with van der Waals surface area (Å²) in [6, 6.07) is 9.80. The zero-order valence-corrected chi connectivity index (χ0v) is 14.9. The second kappa shape index (κ2) is 8.81. The van der Waals surface area contributed by atoms with E-state index in [0.29, 0.717) is 6.54 Å². The van der Waals surface area contributed by atoms with Gasteiger partial charge in [-0.3, -0.25) is 4.79 Å². The van der Waals surface area contributed by atoms with Crippen LogP contribution in [0.3, 0.4) is 0 Å². The molecule has 3 rings (SSSR count). The van der Waals surface area contributed by atoms with E-state index in [1.807, 2.05) is 43.5 Å². The minimum atomic E-state index is -0.515. The highest BCUT2D eigenvalue weighted by Crippen LogP contribution is 2.28. The summed E-state index contributed by atoms with van der Waals surface area (Å²) in [4.78, 5) is 16.9. The van der Waals surface area contributed by atoms with Crippen LogP contribution < -0.4 is 5.32 Å². The summed E-state index contributed by atoms with van der Waals surface area (Å²) in [5.41, 5.74) is 0.928. The first-order valence-corrected chi connectivity index (χ1v) is 9.20. The lowest BCUT2D eigenvalue weighted by Crippen LogP contribution is -2.33. The van der Waals surface area contributed by atoms with Gasteiger partial charge in [-0.2, -0.15) is 0 Å². The van der Waals surface area contributed by atoms with Gasteiger partial charge in [0.1, 0.15) is 5.82 Å². The lowest BCUT2D eigenvalue weighted by molar-refractivity contribution is -0.137. The normalized spacial score (nSPS) is 16.0. The number of nitrogens with zero attached hydrogens (tertiary/aromatic N) is 2. The number of rotatable bonds is 8. The highest BCUT2D eigenvalue weighted by molar-refractivity contribution is 5.82. The third-order valence-electron chi connectivity index (χ3n) is 4.77. The van der Waals surface area contributed by atoms with Gasteiger partial charge in [0.25, 0.3) is 5.91 Å². The van der Waals surface area contributed by atoms with Crippen molar-refractivity contribution in [1.29, 1.82) is 0 Å². The Hall–Kier alpha value is -2.14. The molecule has 0 radical (unpaired) electrons. The van der Waals surface area contributed by atoms with Crippen molar-refractivity contribution in [3.05, 3.63) is 54.1 Å². The van der Waals surface area contributed by atoms with E-state index < -0.39 is 6.10 Å². The van der Waals surface area contributed by atoms with Crippen LogP contribution in [0, 0.1) is 6.92 Å². The van der Waals surface area contributed by atoms with E-state index in [1.54, 1.807) is 6.20 Å². The number of nitrogens with one attached hydrogen (secondary N) is 1. The molecular weight excluding hydrogens is 314 g/mol. The average molecular weight is 341 g/mol. The Morgan fingerprint density at radius 3 is 2.76 bits per heavy atom. The molecule has 0 aliphatic heterocycles. The first-order chi connectivity index (χ1) is 12.2. The monoisotopic (exact) mass is 341 g/mol. The second-order valence-corrected chi connectivity index (χ2v) is 6.65. The van der Waals surface area contributed by atoms with Gasteiger partial charge in [0, 0.05) is 25.5 Å². The van der Waals surface area contributed by atoms with E-state index in [-0.39, 0.29) is 12.0 Å². The van der Waals surface area contributed by atoms with Gasteiger partial charge in [-0.15, -0.1) is 0 Å². The molecule has 1 N–H and O–H groups in total. The zero-order valence-electron chi connectivity index (χ0n) is 14.9. The standard InChI is InChI=1S/C20H27N3O2/c1-16-21-13-15-23(16)14-7-12-22-20(24)19(17-8-3-2-4-9-17)25-18-10-5-6-11-18/h2-4,8-9,13,15,18-19H,5-7,10-12,14H2,1H3,(H,22,24)/t19-/m1/s1. The number of hydrogen-bond donors (Lipinski definition) is 1. The van der Waals surface area contributed by atoms with Crippen LogP contribution in [0.15, 0.2) is 42.7 Å². The van der Waals surface area contributed by atoms with Gasteiger partial charge in [0.15, 0.2) is 6.10 Å². The molecule has 5 nitrogen and oxygen atoms in total. The van der Waals surface area contributed by atoms with Crippen LogP contribution in [0.5, 0.6) is 0 Å². The summed E-state index contributed by atoms with van der Waals surface area (Å²) < 4.78 is 8.25. The van der Waals surface area contributed by atoms with Crippen LogP contribution in [0.4, 0.5) is 0 Å². The Bertz CT molecular complexity index is 663. The summed E-state index contributed by atoms with van der Waals surface area (Å²) in [6.45, 7) is 3.47. The van der Waals surface area contributed by atoms with Crippen LogP contribution in [-0.4, -0.2) is 28.1 Å². The molecule has 5 heteroatoms. The third-order valence-corrected chi connectivity index (χ3v) is 4.77. The largest absolute Gasteiger partial charge is 0.360 e. The van der Waals surface area contributed by atoms with Gasteiger partial charge in [-0.25, -0.2) is 4.98 Å². The molecule has 1 aliphatic carbocycles. The van der Waals surface area contributed by atoms with Crippen molar-refractivity contribution in [2.75, 3.05) is 6.54 Å². The molecule has 134 valence electrons. The predicted molar refractivity (Wildman–Crippen MR) is 97.1 cm³/mol. The van der Waals surface area contributed by atoms with Gasteiger partial charge in [-0.1, -0.05) is 43.2 Å². The molecule has 0 saturated heterocycles. The lowest BCUT2D eigenvalue weighted by Gasteiger charge is -2.22. The fraction of sp³-hybridized carbons (Fsp3) is 0.500. The minimum absolute atomic E-state index is 0.0412. The van der Waals surface area contributed by atoms with Crippen LogP contribution in [0.2, 0.25) is 0 Å². The lowest BCUT2D eigenvalue weighted by atomic mass is 10.1. The molecule has 2 aromatic rings. The van der Waals surface area contributed by atoms with Crippen LogP contribution in [0.1, 0.15) is 49.6 Å². The number of carbonyl (C=O) groups is 1. The van der Waals surface area contributed by atoms with Gasteiger partial charge < -0.3 is 14.6 Å². The highest BCUT2D eigenvalue weighted by atomic mass is 16.5. The maximum Gasteiger partial charge on any atom is 0.253 e. The van der Waals surface area contributed by atoms with Crippen molar-refractivity contribution in [2.24, 2.45) is 0 Å². The molecule has 1 fully saturated rings. The van der Waals surface area contributed by atoms with E-state index in [1.165, 1.54) is 12.8 Å². The van der Waals surface area contributed by atoms with E-state index in [9.17, 15) is 4.79 Å². The van der Waals surface area contributed by atoms with Crippen molar-refractivity contribution in [1.82, 2.24) is 14.9 Å². The number of imidazole rings is 1. The fourth-order valence-electron chi connectivity index (χ4n) is 3.33. The molecular formula is C20H27N3O2. The van der Waals surface area contributed by atoms with Crippen molar-refractivity contribution in [3.63, 3.8) is 0 Å². The van der Waals surface area contributed by atoms with E-state index >= 15 is 0 Å². The Morgan fingerprint density at radius 1 is 1.32 bits per heavy atom. The number of aromatic nitrogens is 2. The van der Waals surface area contributed by atoms with Crippen LogP contribution in [-0.2, 0) is 16.1 Å². The Morgan fingerprint density at radius 2 is 2.08 bits per heavy atom. The number of carbonyl (C=O) groups excluding carboxylic acids is 1. The van der Waals surface area contributed by atoms with E-state index in [4.69, 9.17) is 4.74 Å². The molecule has 1 amide bonds. The van der Waals surface area contributed by atoms with Gasteiger partial charge in [0.05, 0.1) is 6.10 Å². The fourth-order valence-corrected chi connectivity index (χ4v) is 3.33. The molecule has 1 saturated carbocycles. The molecule has 1 heterocycles. The summed E-state index contributed by atoms with van der Waals surface area (Å²) in [5.74, 6) is 0.957. The van der Waals surface area contributed by atoms with Crippen molar-refractivity contribution >= 4 is 5.91 Å². The molecule has 0 bridgehead atoms. The summed E-state index contributed by atoms with van der Waals surface area (Å²) in [6.07, 6.45) is 8.81. The third kappa shape index (κ3) is 4.92. The molecule has 1 aliphatic rings. The minimum Gasteiger partial charge on any atom is -0.360 e. The number of hydrogen-bond acceptors (Lipinski definition) is 3. The molecule has 1 aromatic heterocycles. The number of aryl methyl sites for hydroxylation is 2. The number of amides is 1. The highest BCUT2D eigenvalue weighted by Gasteiger charge is 2.26. The Labute approximate surface area is 149 Å². The first-order valence-electron chi connectivity index (χ1n) is 9.20. The quantitative estimate of drug-likeness (QED) is 0.749. The van der Waals surface area contributed by atoms with E-state index in [2.05, 4.69) is 14.9 Å². The Balaban J connectivity index is 1.54. The molecule has 25 heavy (non-hydrogen) atoms. The van der Waals surface area contributed by atoms with Gasteiger partial charge in [-0.05, 0) is 31.7 Å². The first kappa shape index (κ1) is 17.7. The van der Waals surface area contributed by atoms with E-state index in [0.717, 1.165) is 37.2 Å². The maximum absolute atomic E-state index is 12.7. The zero-order chi connectivity index (χ0) is 17.5. The summed E-state index contributed by atoms with van der Waals surface area (Å²) in [5, 5.41) is 3.04. The molecule has 0 spiro atoms. The maximum atomic E-state index is 12.7. The predicted octanol–water partition coefficient (Wildman–Crippen LogP) is 3.40. The number of benzene rings is 1. The topological polar surface area (TPSA) is 56.2 Å². The second-order valence-electron chi connectivity index (χ2n) is 6.65. The number of ether oxygens (including phenoxy) is 1. The van der Waals surface area contributed by atoms with Crippen molar-refractivity contribution in [3.8, 4) is 0 Å². The smallest absolute Gasteiger partial charge is 0.253 e. The van der Waals surface area contributed by atoms with Gasteiger partial charge >= 0.3 is 0 Å².